The molecule has 5 heteroatoms. The first kappa shape index (κ1) is 13.3. The van der Waals surface area contributed by atoms with Gasteiger partial charge in [-0.25, -0.2) is 4.98 Å². The predicted octanol–water partition coefficient (Wildman–Crippen LogP) is 1.76. The number of ether oxygens (including phenoxy) is 1. The Hall–Kier alpha value is -2.14. The number of likely N-dealkylation sites (N-methyl/N-ethyl adjacent to an activating group) is 1. The van der Waals surface area contributed by atoms with Crippen molar-refractivity contribution in [1.82, 2.24) is 9.88 Å². The van der Waals surface area contributed by atoms with Crippen LogP contribution in [-0.4, -0.2) is 41.7 Å². The lowest BCUT2D eigenvalue weighted by molar-refractivity contribution is -0.138. The first-order valence-corrected chi connectivity index (χ1v) is 5.93. The van der Waals surface area contributed by atoms with Gasteiger partial charge in [0.1, 0.15) is 11.3 Å². The topological polar surface area (TPSA) is 62.7 Å². The first-order valence-electron chi connectivity index (χ1n) is 5.93. The van der Waals surface area contributed by atoms with Crippen molar-refractivity contribution in [2.24, 2.45) is 0 Å². The third kappa shape index (κ3) is 3.20. The van der Waals surface area contributed by atoms with Crippen molar-refractivity contribution < 1.29 is 14.6 Å². The standard InChI is InChI=1S/C14H16N2O3/c1-16(9-13(17)18)8-11-7-6-10-4-3-5-12(19-2)14(10)15-11/h3-7H,8-9H2,1-2H3,(H,17,18). The molecule has 0 amide bonds. The molecule has 0 unspecified atom stereocenters. The van der Waals surface area contributed by atoms with Crippen LogP contribution in [0.1, 0.15) is 5.69 Å². The SMILES string of the molecule is COc1cccc2ccc(CN(C)CC(=O)O)nc12. The summed E-state index contributed by atoms with van der Waals surface area (Å²) in [4.78, 5) is 16.9. The molecule has 1 aromatic heterocycles. The molecule has 0 bridgehead atoms. The average Bonchev–Trinajstić information content (AvgIpc) is 2.36. The average molecular weight is 260 g/mol. The number of pyridine rings is 1. The Morgan fingerprint density at radius 3 is 2.84 bits per heavy atom. The summed E-state index contributed by atoms with van der Waals surface area (Å²) in [6.07, 6.45) is 0. The summed E-state index contributed by atoms with van der Waals surface area (Å²) in [6, 6.07) is 9.61. The van der Waals surface area contributed by atoms with Crippen molar-refractivity contribution in [3.8, 4) is 5.75 Å². The van der Waals surface area contributed by atoms with Crippen LogP contribution < -0.4 is 4.74 Å². The van der Waals surface area contributed by atoms with Crippen LogP contribution in [0.5, 0.6) is 5.75 Å². The Morgan fingerprint density at radius 1 is 1.37 bits per heavy atom. The van der Waals surface area contributed by atoms with Gasteiger partial charge in [-0.2, -0.15) is 0 Å². The lowest BCUT2D eigenvalue weighted by Crippen LogP contribution is -2.25. The number of para-hydroxylation sites is 1. The number of benzene rings is 1. The molecule has 0 aliphatic rings. The third-order valence-electron chi connectivity index (χ3n) is 2.80. The highest BCUT2D eigenvalue weighted by Crippen LogP contribution is 2.23. The molecule has 2 rings (SSSR count). The molecule has 0 radical (unpaired) electrons. The molecule has 2 aromatic rings. The minimum absolute atomic E-state index is 0.00829. The van der Waals surface area contributed by atoms with Gasteiger partial charge >= 0.3 is 5.97 Å². The van der Waals surface area contributed by atoms with Crippen molar-refractivity contribution >= 4 is 16.9 Å². The molecule has 0 aliphatic carbocycles. The van der Waals surface area contributed by atoms with Crippen LogP contribution in [0.2, 0.25) is 0 Å². The maximum Gasteiger partial charge on any atom is 0.317 e. The molecule has 0 aliphatic heterocycles. The second-order valence-corrected chi connectivity index (χ2v) is 4.40. The second-order valence-electron chi connectivity index (χ2n) is 4.40. The van der Waals surface area contributed by atoms with E-state index in [2.05, 4.69) is 4.98 Å². The van der Waals surface area contributed by atoms with Gasteiger partial charge in [0, 0.05) is 11.9 Å². The van der Waals surface area contributed by atoms with Gasteiger partial charge in [0.25, 0.3) is 0 Å². The number of hydrogen-bond acceptors (Lipinski definition) is 4. The van der Waals surface area contributed by atoms with Crippen molar-refractivity contribution in [2.45, 2.75) is 6.54 Å². The molecule has 0 fully saturated rings. The number of carbonyl (C=O) groups is 1. The molecule has 1 heterocycles. The number of aromatic nitrogens is 1. The van der Waals surface area contributed by atoms with E-state index in [0.717, 1.165) is 22.3 Å². The number of methoxy groups -OCH3 is 1. The van der Waals surface area contributed by atoms with E-state index in [1.54, 1.807) is 19.1 Å². The molecule has 0 saturated heterocycles. The van der Waals surface area contributed by atoms with E-state index in [1.807, 2.05) is 30.3 Å². The van der Waals surface area contributed by atoms with Crippen LogP contribution in [-0.2, 0) is 11.3 Å². The number of rotatable bonds is 5. The highest BCUT2D eigenvalue weighted by atomic mass is 16.5. The summed E-state index contributed by atoms with van der Waals surface area (Å²) in [5.74, 6) is -0.124. The highest BCUT2D eigenvalue weighted by molar-refractivity contribution is 5.84. The maximum atomic E-state index is 10.6. The number of nitrogens with zero attached hydrogens (tertiary/aromatic N) is 2. The summed E-state index contributed by atoms with van der Waals surface area (Å²) in [5, 5.41) is 9.74. The van der Waals surface area contributed by atoms with Gasteiger partial charge in [-0.3, -0.25) is 9.69 Å². The third-order valence-corrected chi connectivity index (χ3v) is 2.80. The van der Waals surface area contributed by atoms with Crippen molar-refractivity contribution in [3.63, 3.8) is 0 Å². The van der Waals surface area contributed by atoms with E-state index in [9.17, 15) is 4.79 Å². The monoisotopic (exact) mass is 260 g/mol. The minimum atomic E-state index is -0.846. The van der Waals surface area contributed by atoms with E-state index in [4.69, 9.17) is 9.84 Å². The van der Waals surface area contributed by atoms with Crippen molar-refractivity contribution in [3.05, 3.63) is 36.0 Å². The summed E-state index contributed by atoms with van der Waals surface area (Å²) >= 11 is 0. The van der Waals surface area contributed by atoms with E-state index in [0.29, 0.717) is 6.54 Å². The maximum absolute atomic E-state index is 10.6. The molecule has 0 spiro atoms. The van der Waals surface area contributed by atoms with E-state index < -0.39 is 5.97 Å². The zero-order chi connectivity index (χ0) is 13.8. The zero-order valence-electron chi connectivity index (χ0n) is 11.0. The quantitative estimate of drug-likeness (QED) is 0.887. The number of carboxylic acid groups (broad SMARTS) is 1. The van der Waals surface area contributed by atoms with E-state index in [-0.39, 0.29) is 6.54 Å². The molecular formula is C14H16N2O3. The summed E-state index contributed by atoms with van der Waals surface area (Å²) in [5.41, 5.74) is 1.62. The fourth-order valence-corrected chi connectivity index (χ4v) is 1.98. The van der Waals surface area contributed by atoms with Crippen LogP contribution in [0, 0.1) is 0 Å². The molecule has 1 N–H and O–H groups in total. The number of fused-ring (bicyclic) bond motifs is 1. The predicted molar refractivity (Wildman–Crippen MR) is 72.3 cm³/mol. The van der Waals surface area contributed by atoms with Gasteiger partial charge in [0.2, 0.25) is 0 Å². The van der Waals surface area contributed by atoms with Crippen LogP contribution in [0.15, 0.2) is 30.3 Å². The first-order chi connectivity index (χ1) is 9.10. The summed E-state index contributed by atoms with van der Waals surface area (Å²) in [7, 11) is 3.36. The van der Waals surface area contributed by atoms with Crippen molar-refractivity contribution in [2.75, 3.05) is 20.7 Å². The van der Waals surface area contributed by atoms with Crippen LogP contribution in [0.25, 0.3) is 10.9 Å². The number of aliphatic carboxylic acids is 1. The van der Waals surface area contributed by atoms with Crippen molar-refractivity contribution in [1.29, 1.82) is 0 Å². The Bertz CT molecular complexity index is 598. The van der Waals surface area contributed by atoms with Crippen LogP contribution >= 0.6 is 0 Å². The Labute approximate surface area is 111 Å². The molecular weight excluding hydrogens is 244 g/mol. The lowest BCUT2D eigenvalue weighted by Gasteiger charge is -2.14. The molecule has 19 heavy (non-hydrogen) atoms. The molecule has 5 nitrogen and oxygen atoms in total. The second kappa shape index (κ2) is 5.67. The van der Waals surface area contributed by atoms with Crippen LogP contribution in [0.4, 0.5) is 0 Å². The molecule has 0 saturated carbocycles. The van der Waals surface area contributed by atoms with Gasteiger partial charge in [0.15, 0.2) is 0 Å². The molecule has 0 atom stereocenters. The highest BCUT2D eigenvalue weighted by Gasteiger charge is 2.08. The number of hydrogen-bond donors (Lipinski definition) is 1. The van der Waals surface area contributed by atoms with E-state index >= 15 is 0 Å². The van der Waals surface area contributed by atoms with Gasteiger partial charge in [0.05, 0.1) is 19.3 Å². The summed E-state index contributed by atoms with van der Waals surface area (Å²) in [6.45, 7) is 0.478. The molecule has 100 valence electrons. The fraction of sp³-hybridized carbons (Fsp3) is 0.286. The Balaban J connectivity index is 2.28. The number of carboxylic acids is 1. The Morgan fingerprint density at radius 2 is 2.16 bits per heavy atom. The van der Waals surface area contributed by atoms with E-state index in [1.165, 1.54) is 0 Å². The molecule has 1 aromatic carbocycles. The largest absolute Gasteiger partial charge is 0.494 e. The van der Waals surface area contributed by atoms with Gasteiger partial charge in [-0.05, 0) is 19.2 Å². The van der Waals surface area contributed by atoms with Gasteiger partial charge < -0.3 is 9.84 Å². The minimum Gasteiger partial charge on any atom is -0.494 e. The Kier molecular flexibility index (Phi) is 3.97. The van der Waals surface area contributed by atoms with Gasteiger partial charge in [-0.1, -0.05) is 18.2 Å². The zero-order valence-corrected chi connectivity index (χ0v) is 11.0. The normalized spacial score (nSPS) is 10.9. The fourth-order valence-electron chi connectivity index (χ4n) is 1.98. The smallest absolute Gasteiger partial charge is 0.317 e. The van der Waals surface area contributed by atoms with Gasteiger partial charge in [-0.15, -0.1) is 0 Å². The lowest BCUT2D eigenvalue weighted by atomic mass is 10.2. The van der Waals surface area contributed by atoms with Crippen LogP contribution in [0.3, 0.4) is 0 Å². The summed E-state index contributed by atoms with van der Waals surface area (Å²) < 4.78 is 5.28.